The monoisotopic (exact) mass is 420 g/mol. The van der Waals surface area contributed by atoms with Crippen molar-refractivity contribution in [2.24, 2.45) is 0 Å². The molecule has 2 heterocycles. The Morgan fingerprint density at radius 2 is 1.67 bits per heavy atom. The molecule has 30 heavy (non-hydrogen) atoms. The fourth-order valence-electron chi connectivity index (χ4n) is 2.93. The number of nitrogens with one attached hydrogen (secondary N) is 2. The first-order valence-electron chi connectivity index (χ1n) is 9.16. The fourth-order valence-corrected chi connectivity index (χ4v) is 4.17. The molecular weight excluding hydrogens is 400 g/mol. The van der Waals surface area contributed by atoms with Crippen molar-refractivity contribution in [2.45, 2.75) is 4.90 Å². The molecule has 0 fully saturated rings. The summed E-state index contributed by atoms with van der Waals surface area (Å²) in [6.45, 7) is 0. The van der Waals surface area contributed by atoms with Crippen LogP contribution in [0.4, 0.5) is 22.9 Å². The number of hydrogen-bond donors (Lipinski definition) is 2. The number of nitrogens with zero attached hydrogens (tertiary/aromatic N) is 4. The van der Waals surface area contributed by atoms with Crippen LogP contribution in [-0.2, 0) is 10.0 Å². The number of aromatic nitrogens is 3. The second kappa shape index (κ2) is 7.96. The summed E-state index contributed by atoms with van der Waals surface area (Å²) in [7, 11) is 0.0600. The summed E-state index contributed by atoms with van der Waals surface area (Å²) in [6, 6.07) is 17.5. The summed E-state index contributed by atoms with van der Waals surface area (Å²) >= 11 is 0. The Labute approximate surface area is 174 Å². The van der Waals surface area contributed by atoms with Gasteiger partial charge in [-0.2, -0.15) is 5.10 Å². The molecule has 2 aromatic heterocycles. The zero-order valence-corrected chi connectivity index (χ0v) is 17.3. The van der Waals surface area contributed by atoms with Crippen LogP contribution in [0.1, 0.15) is 0 Å². The predicted octanol–water partition coefficient (Wildman–Crippen LogP) is 3.64. The summed E-state index contributed by atoms with van der Waals surface area (Å²) in [5.41, 5.74) is 2.56. The van der Waals surface area contributed by atoms with Crippen LogP contribution >= 0.6 is 0 Å². The molecule has 0 saturated heterocycles. The minimum atomic E-state index is -3.79. The second-order valence-electron chi connectivity index (χ2n) is 6.83. The van der Waals surface area contributed by atoms with E-state index in [2.05, 4.69) is 25.2 Å². The number of fused-ring (bicyclic) bond motifs is 1. The van der Waals surface area contributed by atoms with Crippen LogP contribution in [0.15, 0.2) is 78.0 Å². The highest BCUT2D eigenvalue weighted by Gasteiger charge is 2.18. The standard InChI is InChI=1S/C21H20N6O2S/c1-27(2)18-13-20(25-23-14-18)24-16-8-10-17(11-9-16)26-30(28,29)19-7-3-5-15-6-4-12-22-21(15)19/h3-14,26H,1-2H3,(H,24,25). The van der Waals surface area contributed by atoms with E-state index < -0.39 is 10.0 Å². The summed E-state index contributed by atoms with van der Waals surface area (Å²) in [5, 5.41) is 12.0. The summed E-state index contributed by atoms with van der Waals surface area (Å²) < 4.78 is 28.4. The van der Waals surface area contributed by atoms with Gasteiger partial charge in [-0.25, -0.2) is 8.42 Å². The lowest BCUT2D eigenvalue weighted by atomic mass is 10.2. The number of rotatable bonds is 6. The van der Waals surface area contributed by atoms with E-state index in [-0.39, 0.29) is 4.90 Å². The van der Waals surface area contributed by atoms with E-state index >= 15 is 0 Å². The molecule has 152 valence electrons. The van der Waals surface area contributed by atoms with E-state index in [1.165, 1.54) is 0 Å². The van der Waals surface area contributed by atoms with Crippen LogP contribution in [0.2, 0.25) is 0 Å². The molecule has 0 radical (unpaired) electrons. The van der Waals surface area contributed by atoms with E-state index in [0.29, 0.717) is 17.0 Å². The number of hydrogen-bond acceptors (Lipinski definition) is 7. The molecule has 0 amide bonds. The highest BCUT2D eigenvalue weighted by molar-refractivity contribution is 7.93. The number of benzene rings is 2. The third kappa shape index (κ3) is 4.15. The van der Waals surface area contributed by atoms with Gasteiger partial charge in [0.1, 0.15) is 4.90 Å². The van der Waals surface area contributed by atoms with Crippen molar-refractivity contribution >= 4 is 43.8 Å². The Morgan fingerprint density at radius 3 is 2.43 bits per heavy atom. The Balaban J connectivity index is 1.54. The molecule has 8 nitrogen and oxygen atoms in total. The van der Waals surface area contributed by atoms with Gasteiger partial charge in [-0.05, 0) is 36.4 Å². The van der Waals surface area contributed by atoms with Crippen molar-refractivity contribution in [1.82, 2.24) is 15.2 Å². The van der Waals surface area contributed by atoms with Crippen LogP contribution in [0.5, 0.6) is 0 Å². The minimum Gasteiger partial charge on any atom is -0.376 e. The lowest BCUT2D eigenvalue weighted by Crippen LogP contribution is -2.13. The quantitative estimate of drug-likeness (QED) is 0.491. The Morgan fingerprint density at radius 1 is 0.933 bits per heavy atom. The van der Waals surface area contributed by atoms with Crippen molar-refractivity contribution in [3.05, 3.63) is 73.1 Å². The van der Waals surface area contributed by atoms with Crippen molar-refractivity contribution in [3.63, 3.8) is 0 Å². The smallest absolute Gasteiger partial charge is 0.264 e. The van der Waals surface area contributed by atoms with E-state index in [9.17, 15) is 8.42 Å². The van der Waals surface area contributed by atoms with Gasteiger partial charge in [0.2, 0.25) is 0 Å². The van der Waals surface area contributed by atoms with Gasteiger partial charge in [-0.1, -0.05) is 18.2 Å². The molecule has 0 atom stereocenters. The van der Waals surface area contributed by atoms with Crippen molar-refractivity contribution < 1.29 is 8.42 Å². The molecule has 0 aliphatic carbocycles. The number of pyridine rings is 1. The molecule has 2 N–H and O–H groups in total. The Hall–Kier alpha value is -3.72. The largest absolute Gasteiger partial charge is 0.376 e. The molecule has 4 aromatic rings. The summed E-state index contributed by atoms with van der Waals surface area (Å²) in [5.74, 6) is 0.594. The fraction of sp³-hybridized carbons (Fsp3) is 0.0952. The van der Waals surface area contributed by atoms with Crippen molar-refractivity contribution in [2.75, 3.05) is 29.0 Å². The van der Waals surface area contributed by atoms with Gasteiger partial charge < -0.3 is 10.2 Å². The zero-order valence-electron chi connectivity index (χ0n) is 16.4. The second-order valence-corrected chi connectivity index (χ2v) is 8.48. The van der Waals surface area contributed by atoms with Crippen LogP contribution in [0.25, 0.3) is 10.9 Å². The molecule has 0 unspecified atom stereocenters. The SMILES string of the molecule is CN(C)c1cnnc(Nc2ccc(NS(=O)(=O)c3cccc4cccnc34)cc2)c1. The van der Waals surface area contributed by atoms with E-state index in [1.54, 1.807) is 54.9 Å². The van der Waals surface area contributed by atoms with Crippen LogP contribution in [0, 0.1) is 0 Å². The van der Waals surface area contributed by atoms with Crippen LogP contribution in [0.3, 0.4) is 0 Å². The van der Waals surface area contributed by atoms with Crippen LogP contribution in [-0.4, -0.2) is 37.7 Å². The van der Waals surface area contributed by atoms with E-state index in [1.807, 2.05) is 37.2 Å². The highest BCUT2D eigenvalue weighted by atomic mass is 32.2. The lowest BCUT2D eigenvalue weighted by Gasteiger charge is -2.13. The number of sulfonamides is 1. The van der Waals surface area contributed by atoms with Gasteiger partial charge in [0.15, 0.2) is 5.82 Å². The summed E-state index contributed by atoms with van der Waals surface area (Å²) in [6.07, 6.45) is 3.25. The van der Waals surface area contributed by atoms with Gasteiger partial charge in [0.05, 0.1) is 17.4 Å². The molecule has 0 aliphatic rings. The van der Waals surface area contributed by atoms with Crippen molar-refractivity contribution in [1.29, 1.82) is 0 Å². The maximum Gasteiger partial charge on any atom is 0.264 e. The minimum absolute atomic E-state index is 0.138. The predicted molar refractivity (Wildman–Crippen MR) is 119 cm³/mol. The molecule has 9 heteroatoms. The first-order chi connectivity index (χ1) is 14.4. The van der Waals surface area contributed by atoms with Gasteiger partial charge in [0.25, 0.3) is 10.0 Å². The van der Waals surface area contributed by atoms with Gasteiger partial charge >= 0.3 is 0 Å². The average Bonchev–Trinajstić information content (AvgIpc) is 2.75. The third-order valence-corrected chi connectivity index (χ3v) is 5.86. The molecule has 0 bridgehead atoms. The Bertz CT molecular complexity index is 1290. The number of para-hydroxylation sites is 1. The molecule has 0 spiro atoms. The van der Waals surface area contributed by atoms with Crippen LogP contribution < -0.4 is 14.9 Å². The Kier molecular flexibility index (Phi) is 5.20. The van der Waals surface area contributed by atoms with Gasteiger partial charge in [-0.15, -0.1) is 5.10 Å². The maximum absolute atomic E-state index is 12.9. The van der Waals surface area contributed by atoms with Crippen molar-refractivity contribution in [3.8, 4) is 0 Å². The lowest BCUT2D eigenvalue weighted by molar-refractivity contribution is 0.602. The molecular formula is C21H20N6O2S. The first-order valence-corrected chi connectivity index (χ1v) is 10.6. The van der Waals surface area contributed by atoms with E-state index in [4.69, 9.17) is 0 Å². The van der Waals surface area contributed by atoms with E-state index in [0.717, 1.165) is 16.8 Å². The average molecular weight is 420 g/mol. The van der Waals surface area contributed by atoms with Gasteiger partial charge in [0, 0.05) is 43.1 Å². The molecule has 0 aliphatic heterocycles. The number of anilines is 4. The first kappa shape index (κ1) is 19.6. The van der Waals surface area contributed by atoms with Gasteiger partial charge in [-0.3, -0.25) is 9.71 Å². The molecule has 0 saturated carbocycles. The zero-order chi connectivity index (χ0) is 21.1. The molecule has 2 aromatic carbocycles. The highest BCUT2D eigenvalue weighted by Crippen LogP contribution is 2.25. The topological polar surface area (TPSA) is 100 Å². The molecule has 4 rings (SSSR count). The maximum atomic E-state index is 12.9. The normalized spacial score (nSPS) is 11.3. The third-order valence-electron chi connectivity index (χ3n) is 4.45. The summed E-state index contributed by atoms with van der Waals surface area (Å²) in [4.78, 5) is 6.29.